The number of thiocarbonyl (C=S) groups is 1. The maximum absolute atomic E-state index is 12.1. The van der Waals surface area contributed by atoms with Crippen molar-refractivity contribution in [2.75, 3.05) is 31.6 Å². The summed E-state index contributed by atoms with van der Waals surface area (Å²) in [6.45, 7) is 4.56. The molecule has 1 saturated heterocycles. The molecule has 108 valence electrons. The largest absolute Gasteiger partial charge is 0.389 e. The van der Waals surface area contributed by atoms with E-state index in [-0.39, 0.29) is 17.0 Å². The van der Waals surface area contributed by atoms with Gasteiger partial charge in [-0.1, -0.05) is 24.4 Å². The summed E-state index contributed by atoms with van der Waals surface area (Å²) in [4.78, 5) is 14.4. The minimum absolute atomic E-state index is 0.0669. The van der Waals surface area contributed by atoms with Crippen molar-refractivity contribution in [3.8, 4) is 0 Å². The molecular formula is C14H19N3O2S. The Morgan fingerprint density at radius 3 is 3.00 bits per heavy atom. The fourth-order valence-electron chi connectivity index (χ4n) is 2.23. The normalized spacial score (nSPS) is 19.6. The van der Waals surface area contributed by atoms with Crippen molar-refractivity contribution >= 4 is 28.8 Å². The molecule has 1 aromatic rings. The maximum Gasteiger partial charge on any atom is 0.238 e. The smallest absolute Gasteiger partial charge is 0.238 e. The lowest BCUT2D eigenvalue weighted by Gasteiger charge is -2.30. The van der Waals surface area contributed by atoms with Crippen molar-refractivity contribution in [1.82, 2.24) is 4.90 Å². The first-order valence-corrected chi connectivity index (χ1v) is 6.99. The van der Waals surface area contributed by atoms with Gasteiger partial charge in [0.2, 0.25) is 5.91 Å². The van der Waals surface area contributed by atoms with Crippen LogP contribution in [0.2, 0.25) is 0 Å². The van der Waals surface area contributed by atoms with E-state index in [4.69, 9.17) is 22.7 Å². The van der Waals surface area contributed by atoms with Crippen molar-refractivity contribution in [3.63, 3.8) is 0 Å². The zero-order chi connectivity index (χ0) is 14.5. The third-order valence-corrected chi connectivity index (χ3v) is 3.38. The maximum atomic E-state index is 12.1. The number of carbonyl (C=O) groups excluding carboxylic acids is 1. The molecule has 1 aliphatic rings. The molecule has 0 saturated carbocycles. The SMILES string of the molecule is CC1CN(CC(=O)Nc2ccccc2C(N)=S)CCO1. The minimum atomic E-state index is -0.0669. The molecule has 1 fully saturated rings. The number of para-hydroxylation sites is 1. The Balaban J connectivity index is 1.96. The molecule has 0 spiro atoms. The molecule has 1 atom stereocenters. The Kier molecular flexibility index (Phi) is 5.05. The number of amides is 1. The molecule has 3 N–H and O–H groups in total. The summed E-state index contributed by atoms with van der Waals surface area (Å²) in [5, 5.41) is 2.87. The molecule has 1 heterocycles. The summed E-state index contributed by atoms with van der Waals surface area (Å²) in [5.41, 5.74) is 6.99. The van der Waals surface area contributed by atoms with Crippen molar-refractivity contribution in [3.05, 3.63) is 29.8 Å². The number of hydrogen-bond acceptors (Lipinski definition) is 4. The first kappa shape index (κ1) is 14.9. The van der Waals surface area contributed by atoms with Crippen LogP contribution in [0.3, 0.4) is 0 Å². The second kappa shape index (κ2) is 6.78. The topological polar surface area (TPSA) is 67.6 Å². The van der Waals surface area contributed by atoms with Gasteiger partial charge >= 0.3 is 0 Å². The number of anilines is 1. The van der Waals surface area contributed by atoms with Gasteiger partial charge in [-0.05, 0) is 19.1 Å². The van der Waals surface area contributed by atoms with Gasteiger partial charge < -0.3 is 15.8 Å². The van der Waals surface area contributed by atoms with Gasteiger partial charge in [-0.15, -0.1) is 0 Å². The van der Waals surface area contributed by atoms with Crippen molar-refractivity contribution < 1.29 is 9.53 Å². The highest BCUT2D eigenvalue weighted by atomic mass is 32.1. The van der Waals surface area contributed by atoms with Crippen LogP contribution in [0.1, 0.15) is 12.5 Å². The average Bonchev–Trinajstić information content (AvgIpc) is 2.38. The van der Waals surface area contributed by atoms with E-state index < -0.39 is 0 Å². The quantitative estimate of drug-likeness (QED) is 0.810. The molecule has 0 aliphatic carbocycles. The Hall–Kier alpha value is -1.50. The molecular weight excluding hydrogens is 274 g/mol. The highest BCUT2D eigenvalue weighted by Crippen LogP contribution is 2.15. The molecule has 5 nitrogen and oxygen atoms in total. The van der Waals surface area contributed by atoms with Gasteiger partial charge in [0.05, 0.1) is 24.9 Å². The molecule has 1 aromatic carbocycles. The van der Waals surface area contributed by atoms with Crippen LogP contribution in [0.15, 0.2) is 24.3 Å². The Morgan fingerprint density at radius 2 is 2.30 bits per heavy atom. The highest BCUT2D eigenvalue weighted by molar-refractivity contribution is 7.80. The molecule has 20 heavy (non-hydrogen) atoms. The summed E-state index contributed by atoms with van der Waals surface area (Å²) in [5.74, 6) is -0.0669. The number of nitrogens with zero attached hydrogens (tertiary/aromatic N) is 1. The summed E-state index contributed by atoms with van der Waals surface area (Å²) < 4.78 is 5.45. The van der Waals surface area contributed by atoms with E-state index in [0.717, 1.165) is 13.1 Å². The molecule has 6 heteroatoms. The van der Waals surface area contributed by atoms with Crippen LogP contribution >= 0.6 is 12.2 Å². The van der Waals surface area contributed by atoms with Crippen LogP contribution in [0.5, 0.6) is 0 Å². The lowest BCUT2D eigenvalue weighted by molar-refractivity contribution is -0.119. The lowest BCUT2D eigenvalue weighted by atomic mass is 10.2. The predicted octanol–water partition coefficient (Wildman–Crippen LogP) is 0.980. The number of hydrogen-bond donors (Lipinski definition) is 2. The van der Waals surface area contributed by atoms with Crippen LogP contribution in [0, 0.1) is 0 Å². The van der Waals surface area contributed by atoms with Gasteiger partial charge in [-0.2, -0.15) is 0 Å². The number of benzene rings is 1. The fourth-order valence-corrected chi connectivity index (χ4v) is 2.41. The Bertz CT molecular complexity index is 507. The second-order valence-electron chi connectivity index (χ2n) is 4.87. The van der Waals surface area contributed by atoms with E-state index in [0.29, 0.717) is 24.4 Å². The molecule has 1 aliphatic heterocycles. The van der Waals surface area contributed by atoms with Crippen LogP contribution in [-0.4, -0.2) is 48.1 Å². The number of nitrogens with two attached hydrogens (primary N) is 1. The molecule has 2 rings (SSSR count). The predicted molar refractivity (Wildman–Crippen MR) is 82.8 cm³/mol. The second-order valence-corrected chi connectivity index (χ2v) is 5.31. The van der Waals surface area contributed by atoms with Crippen LogP contribution in [0.25, 0.3) is 0 Å². The number of rotatable bonds is 4. The number of nitrogens with one attached hydrogen (secondary N) is 1. The van der Waals surface area contributed by atoms with Gasteiger partial charge in [0.1, 0.15) is 4.99 Å². The molecule has 1 amide bonds. The van der Waals surface area contributed by atoms with Crippen molar-refractivity contribution in [1.29, 1.82) is 0 Å². The van der Waals surface area contributed by atoms with Crippen LogP contribution in [0.4, 0.5) is 5.69 Å². The minimum Gasteiger partial charge on any atom is -0.389 e. The van der Waals surface area contributed by atoms with Gasteiger partial charge in [0.25, 0.3) is 0 Å². The molecule has 0 aromatic heterocycles. The van der Waals surface area contributed by atoms with E-state index >= 15 is 0 Å². The van der Waals surface area contributed by atoms with Gasteiger partial charge in [-0.25, -0.2) is 0 Å². The zero-order valence-electron chi connectivity index (χ0n) is 11.5. The number of morpholine rings is 1. The molecule has 1 unspecified atom stereocenters. The Morgan fingerprint density at radius 1 is 1.55 bits per heavy atom. The monoisotopic (exact) mass is 293 g/mol. The van der Waals surface area contributed by atoms with E-state index in [9.17, 15) is 4.79 Å². The van der Waals surface area contributed by atoms with Crippen LogP contribution < -0.4 is 11.1 Å². The fraction of sp³-hybridized carbons (Fsp3) is 0.429. The summed E-state index contributed by atoms with van der Waals surface area (Å²) in [7, 11) is 0. The molecule has 0 radical (unpaired) electrons. The van der Waals surface area contributed by atoms with Gasteiger partial charge in [0.15, 0.2) is 0 Å². The van der Waals surface area contributed by atoms with E-state index in [1.54, 1.807) is 12.1 Å². The van der Waals surface area contributed by atoms with E-state index in [2.05, 4.69) is 10.2 Å². The van der Waals surface area contributed by atoms with Crippen molar-refractivity contribution in [2.24, 2.45) is 5.73 Å². The van der Waals surface area contributed by atoms with Gasteiger partial charge in [0, 0.05) is 18.7 Å². The highest BCUT2D eigenvalue weighted by Gasteiger charge is 2.19. The Labute approximate surface area is 124 Å². The molecule has 0 bridgehead atoms. The third-order valence-electron chi connectivity index (χ3n) is 3.16. The first-order valence-electron chi connectivity index (χ1n) is 6.59. The summed E-state index contributed by atoms with van der Waals surface area (Å²) in [6, 6.07) is 7.28. The van der Waals surface area contributed by atoms with E-state index in [1.807, 2.05) is 19.1 Å². The summed E-state index contributed by atoms with van der Waals surface area (Å²) >= 11 is 4.98. The third kappa shape index (κ3) is 4.00. The standard InChI is InChI=1S/C14H19N3O2S/c1-10-8-17(6-7-19-10)9-13(18)16-12-5-3-2-4-11(12)14(15)20/h2-5,10H,6-9H2,1H3,(H2,15,20)(H,16,18). The summed E-state index contributed by atoms with van der Waals surface area (Å²) in [6.07, 6.45) is 0.167. The lowest BCUT2D eigenvalue weighted by Crippen LogP contribution is -2.44. The zero-order valence-corrected chi connectivity index (χ0v) is 12.3. The van der Waals surface area contributed by atoms with E-state index in [1.165, 1.54) is 0 Å². The average molecular weight is 293 g/mol. The van der Waals surface area contributed by atoms with Gasteiger partial charge in [-0.3, -0.25) is 9.69 Å². The number of ether oxygens (including phenoxy) is 1. The van der Waals surface area contributed by atoms with Crippen molar-refractivity contribution in [2.45, 2.75) is 13.0 Å². The first-order chi connectivity index (χ1) is 9.56. The number of carbonyl (C=O) groups is 1. The van der Waals surface area contributed by atoms with Crippen LogP contribution in [-0.2, 0) is 9.53 Å².